The van der Waals surface area contributed by atoms with Crippen molar-refractivity contribution in [1.82, 2.24) is 19.9 Å². The summed E-state index contributed by atoms with van der Waals surface area (Å²) in [4.78, 5) is 27.5. The highest BCUT2D eigenvalue weighted by Gasteiger charge is 2.05. The molecule has 3 aromatic heterocycles. The number of fused-ring (bicyclic) bond motifs is 2. The van der Waals surface area contributed by atoms with E-state index in [1.165, 1.54) is 29.5 Å². The summed E-state index contributed by atoms with van der Waals surface area (Å²) >= 11 is 8.12. The predicted octanol–water partition coefficient (Wildman–Crippen LogP) is 3.40. The number of halogens is 2. The largest absolute Gasteiger partial charge is 0.306 e. The van der Waals surface area contributed by atoms with E-state index in [1.807, 2.05) is 0 Å². The molecule has 9 heteroatoms. The van der Waals surface area contributed by atoms with E-state index in [4.69, 9.17) is 11.6 Å². The molecule has 5 nitrogen and oxygen atoms in total. The lowest BCUT2D eigenvalue weighted by atomic mass is 10.2. The molecule has 0 saturated heterocycles. The highest BCUT2D eigenvalue weighted by atomic mass is 35.5. The van der Waals surface area contributed by atoms with Crippen LogP contribution in [0.5, 0.6) is 0 Å². The lowest BCUT2D eigenvalue weighted by Crippen LogP contribution is -2.11. The SMILES string of the molecule is O=c1[nH]c(C=[SH]c2nc3ncc(Cl)cc3s2)nc2cc(F)ccc12. The number of aromatic nitrogens is 4. The fourth-order valence-electron chi connectivity index (χ4n) is 2.15. The van der Waals surface area contributed by atoms with E-state index in [0.717, 1.165) is 20.4 Å². The molecule has 1 N–H and O–H groups in total. The second kappa shape index (κ2) is 6.04. The monoisotopic (exact) mass is 378 g/mol. The van der Waals surface area contributed by atoms with Gasteiger partial charge in [-0.25, -0.2) is 19.3 Å². The number of benzene rings is 1. The smallest absolute Gasteiger partial charge is 0.259 e. The molecule has 0 aliphatic carbocycles. The molecule has 0 amide bonds. The van der Waals surface area contributed by atoms with Crippen molar-refractivity contribution in [3.05, 3.63) is 57.5 Å². The first-order valence-electron chi connectivity index (χ1n) is 6.74. The molecular weight excluding hydrogens is 371 g/mol. The van der Waals surface area contributed by atoms with Gasteiger partial charge >= 0.3 is 0 Å². The van der Waals surface area contributed by atoms with Gasteiger partial charge in [-0.05, 0) is 18.2 Å². The van der Waals surface area contributed by atoms with Crippen LogP contribution in [0.25, 0.3) is 21.3 Å². The van der Waals surface area contributed by atoms with Crippen molar-refractivity contribution in [3.8, 4) is 0 Å². The molecule has 0 aliphatic heterocycles. The van der Waals surface area contributed by atoms with Crippen molar-refractivity contribution in [1.29, 1.82) is 0 Å². The average molecular weight is 379 g/mol. The molecular formula is C15H8ClFN4OS2. The Bertz CT molecular complexity index is 1170. The number of H-pyrrole nitrogens is 1. The van der Waals surface area contributed by atoms with Crippen LogP contribution < -0.4 is 5.56 Å². The van der Waals surface area contributed by atoms with Gasteiger partial charge in [0.1, 0.15) is 16.0 Å². The van der Waals surface area contributed by atoms with Crippen LogP contribution in [0.2, 0.25) is 5.02 Å². The Morgan fingerprint density at radius 2 is 2.17 bits per heavy atom. The summed E-state index contributed by atoms with van der Waals surface area (Å²) in [5.41, 5.74) is 0.638. The van der Waals surface area contributed by atoms with E-state index < -0.39 is 5.82 Å². The second-order valence-corrected chi connectivity index (χ2v) is 7.55. The number of hydrogen-bond acceptors (Lipinski definition) is 5. The molecule has 0 saturated carbocycles. The minimum Gasteiger partial charge on any atom is -0.306 e. The van der Waals surface area contributed by atoms with E-state index >= 15 is 0 Å². The van der Waals surface area contributed by atoms with Crippen LogP contribution in [0.3, 0.4) is 0 Å². The topological polar surface area (TPSA) is 71.5 Å². The van der Waals surface area contributed by atoms with Crippen LogP contribution in [0, 0.1) is 5.82 Å². The molecule has 4 aromatic rings. The molecule has 3 heterocycles. The quantitative estimate of drug-likeness (QED) is 0.414. The zero-order chi connectivity index (χ0) is 16.7. The lowest BCUT2D eigenvalue weighted by molar-refractivity contribution is 0.629. The minimum absolute atomic E-state index is 0.306. The van der Waals surface area contributed by atoms with Crippen LogP contribution >= 0.6 is 34.3 Å². The number of nitrogens with zero attached hydrogens (tertiary/aromatic N) is 3. The van der Waals surface area contributed by atoms with Gasteiger partial charge in [-0.15, -0.1) is 22.7 Å². The van der Waals surface area contributed by atoms with Crippen molar-refractivity contribution in [3.63, 3.8) is 0 Å². The van der Waals surface area contributed by atoms with Gasteiger partial charge < -0.3 is 4.98 Å². The van der Waals surface area contributed by atoms with Gasteiger partial charge in [0.2, 0.25) is 0 Å². The Hall–Kier alpha value is -2.16. The summed E-state index contributed by atoms with van der Waals surface area (Å²) in [5.74, 6) is -0.0664. The van der Waals surface area contributed by atoms with Crippen molar-refractivity contribution in [2.45, 2.75) is 4.34 Å². The Morgan fingerprint density at radius 3 is 3.04 bits per heavy atom. The van der Waals surface area contributed by atoms with Crippen molar-refractivity contribution < 1.29 is 4.39 Å². The third kappa shape index (κ3) is 2.95. The van der Waals surface area contributed by atoms with Gasteiger partial charge in [0.25, 0.3) is 5.56 Å². The van der Waals surface area contributed by atoms with Gasteiger partial charge in [0, 0.05) is 17.6 Å². The van der Waals surface area contributed by atoms with Gasteiger partial charge in [-0.1, -0.05) is 11.6 Å². The maximum Gasteiger partial charge on any atom is 0.259 e. The molecule has 0 radical (unpaired) electrons. The van der Waals surface area contributed by atoms with Crippen LogP contribution in [-0.2, 0) is 0 Å². The van der Waals surface area contributed by atoms with E-state index in [2.05, 4.69) is 19.9 Å². The summed E-state index contributed by atoms with van der Waals surface area (Å²) in [6, 6.07) is 5.70. The third-order valence-electron chi connectivity index (χ3n) is 3.19. The van der Waals surface area contributed by atoms with Gasteiger partial charge in [-0.3, -0.25) is 4.79 Å². The van der Waals surface area contributed by atoms with Crippen LogP contribution in [0.1, 0.15) is 5.82 Å². The number of thiazole rings is 1. The van der Waals surface area contributed by atoms with Crippen molar-refractivity contribution >= 4 is 60.9 Å². The number of pyridine rings is 1. The summed E-state index contributed by atoms with van der Waals surface area (Å²) < 4.78 is 15.0. The van der Waals surface area contributed by atoms with E-state index in [9.17, 15) is 9.18 Å². The average Bonchev–Trinajstić information content (AvgIpc) is 2.94. The minimum atomic E-state index is -0.432. The fraction of sp³-hybridized carbons (Fsp3) is 0. The number of rotatable bonds is 2. The van der Waals surface area contributed by atoms with Crippen molar-refractivity contribution in [2.75, 3.05) is 0 Å². The predicted molar refractivity (Wildman–Crippen MR) is 97.2 cm³/mol. The molecule has 0 spiro atoms. The summed E-state index contributed by atoms with van der Waals surface area (Å²) in [6.07, 6.45) is 1.55. The van der Waals surface area contributed by atoms with E-state index in [1.54, 1.807) is 17.6 Å². The van der Waals surface area contributed by atoms with Crippen LogP contribution in [0.15, 0.2) is 39.6 Å². The highest BCUT2D eigenvalue weighted by molar-refractivity contribution is 7.99. The van der Waals surface area contributed by atoms with Gasteiger partial charge in [0.05, 0.1) is 20.6 Å². The van der Waals surface area contributed by atoms with Crippen LogP contribution in [-0.4, -0.2) is 25.3 Å². The summed E-state index contributed by atoms with van der Waals surface area (Å²) in [5, 5.41) is 2.62. The Kier molecular flexibility index (Phi) is 3.87. The zero-order valence-electron chi connectivity index (χ0n) is 11.8. The molecule has 1 aromatic carbocycles. The Morgan fingerprint density at radius 1 is 1.29 bits per heavy atom. The Labute approximate surface area is 147 Å². The molecule has 0 unspecified atom stereocenters. The third-order valence-corrected chi connectivity index (χ3v) is 5.47. The van der Waals surface area contributed by atoms with Crippen molar-refractivity contribution in [2.24, 2.45) is 0 Å². The zero-order valence-corrected chi connectivity index (χ0v) is 14.3. The normalized spacial score (nSPS) is 12.1. The second-order valence-electron chi connectivity index (χ2n) is 4.84. The number of nitrogens with one attached hydrogen (secondary N) is 1. The maximum atomic E-state index is 13.3. The Balaban J connectivity index is 1.74. The molecule has 0 atom stereocenters. The first-order chi connectivity index (χ1) is 11.6. The lowest BCUT2D eigenvalue weighted by Gasteiger charge is -1.98. The highest BCUT2D eigenvalue weighted by Crippen LogP contribution is 2.26. The van der Waals surface area contributed by atoms with E-state index in [-0.39, 0.29) is 5.56 Å². The van der Waals surface area contributed by atoms with Gasteiger partial charge in [0.15, 0.2) is 5.65 Å². The van der Waals surface area contributed by atoms with E-state index in [0.29, 0.717) is 27.4 Å². The fourth-order valence-corrected chi connectivity index (χ4v) is 4.25. The number of thiol groups is 1. The first kappa shape index (κ1) is 15.4. The molecule has 0 aliphatic rings. The molecule has 120 valence electrons. The first-order valence-corrected chi connectivity index (χ1v) is 8.90. The molecule has 0 bridgehead atoms. The number of hydrogen-bond donors (Lipinski definition) is 2. The summed E-state index contributed by atoms with van der Waals surface area (Å²) in [7, 11) is 0. The standard InChI is InChI=1S/C15H8ClFN4OS2/c16-7-3-11-13(18-5-7)21-15(24-11)23-6-12-19-10-4-8(17)1-2-9(10)14(22)20-12/h1-6,23H,(H,19,20,22). The molecule has 4 rings (SSSR count). The van der Waals surface area contributed by atoms with Gasteiger partial charge in [-0.2, -0.15) is 0 Å². The molecule has 0 fully saturated rings. The molecule has 24 heavy (non-hydrogen) atoms. The summed E-state index contributed by atoms with van der Waals surface area (Å²) in [6.45, 7) is 0. The maximum absolute atomic E-state index is 13.3. The number of aromatic amines is 1. The van der Waals surface area contributed by atoms with Crippen LogP contribution in [0.4, 0.5) is 4.39 Å².